The lowest BCUT2D eigenvalue weighted by Gasteiger charge is -2.33. The fraction of sp³-hybridized carbons (Fsp3) is 0.391. The molecular formula is C23H28Cl2N2O2. The largest absolute Gasteiger partial charge is 0.350 e. The fourth-order valence-electron chi connectivity index (χ4n) is 3.06. The second kappa shape index (κ2) is 10.1. The van der Waals surface area contributed by atoms with Crippen molar-refractivity contribution in [2.24, 2.45) is 0 Å². The average Bonchev–Trinajstić information content (AvgIpc) is 2.63. The first-order valence-electron chi connectivity index (χ1n) is 9.70. The first-order valence-corrected chi connectivity index (χ1v) is 10.5. The van der Waals surface area contributed by atoms with Crippen molar-refractivity contribution in [3.8, 4) is 0 Å². The summed E-state index contributed by atoms with van der Waals surface area (Å²) < 4.78 is 0. The molecule has 0 fully saturated rings. The van der Waals surface area contributed by atoms with Crippen molar-refractivity contribution in [1.29, 1.82) is 0 Å². The minimum atomic E-state index is -0.592. The van der Waals surface area contributed by atoms with Gasteiger partial charge in [0.1, 0.15) is 6.04 Å². The van der Waals surface area contributed by atoms with Crippen LogP contribution in [0.3, 0.4) is 0 Å². The third-order valence-electron chi connectivity index (χ3n) is 4.45. The molecule has 2 aromatic carbocycles. The highest BCUT2D eigenvalue weighted by molar-refractivity contribution is 6.31. The molecule has 0 saturated carbocycles. The van der Waals surface area contributed by atoms with Crippen LogP contribution in [0.5, 0.6) is 0 Å². The highest BCUT2D eigenvalue weighted by Crippen LogP contribution is 2.21. The molecule has 29 heavy (non-hydrogen) atoms. The number of carbonyl (C=O) groups is 2. The van der Waals surface area contributed by atoms with Crippen molar-refractivity contribution in [2.45, 2.75) is 58.7 Å². The van der Waals surface area contributed by atoms with Crippen LogP contribution in [0.25, 0.3) is 0 Å². The van der Waals surface area contributed by atoms with Crippen molar-refractivity contribution in [3.63, 3.8) is 0 Å². The molecule has 0 aliphatic rings. The summed E-state index contributed by atoms with van der Waals surface area (Å²) in [4.78, 5) is 27.8. The lowest BCUT2D eigenvalue weighted by Crippen LogP contribution is -2.53. The fourth-order valence-corrected chi connectivity index (χ4v) is 3.38. The zero-order chi connectivity index (χ0) is 21.6. The van der Waals surface area contributed by atoms with Gasteiger partial charge in [-0.1, -0.05) is 60.5 Å². The SMILES string of the molecule is CC[C@@H](C(=O)NC(C)(C)C)N(Cc1ccccc1Cl)C(=O)Cc1ccc(Cl)cc1. The van der Waals surface area contributed by atoms with Crippen LogP contribution in [-0.2, 0) is 22.6 Å². The lowest BCUT2D eigenvalue weighted by atomic mass is 10.0. The maximum Gasteiger partial charge on any atom is 0.243 e. The molecule has 0 aliphatic carbocycles. The summed E-state index contributed by atoms with van der Waals surface area (Å²) in [5.41, 5.74) is 1.26. The first kappa shape index (κ1) is 23.2. The van der Waals surface area contributed by atoms with Gasteiger partial charge in [0.05, 0.1) is 6.42 Å². The predicted molar refractivity (Wildman–Crippen MR) is 119 cm³/mol. The van der Waals surface area contributed by atoms with E-state index in [1.54, 1.807) is 23.1 Å². The van der Waals surface area contributed by atoms with E-state index in [0.29, 0.717) is 16.5 Å². The highest BCUT2D eigenvalue weighted by atomic mass is 35.5. The van der Waals surface area contributed by atoms with Crippen molar-refractivity contribution in [2.75, 3.05) is 0 Å². The van der Waals surface area contributed by atoms with Gasteiger partial charge in [0.2, 0.25) is 11.8 Å². The normalized spacial score (nSPS) is 12.3. The number of nitrogens with one attached hydrogen (secondary N) is 1. The molecule has 1 N–H and O–H groups in total. The number of nitrogens with zero attached hydrogens (tertiary/aromatic N) is 1. The molecule has 0 unspecified atom stereocenters. The Morgan fingerprint density at radius 2 is 1.66 bits per heavy atom. The highest BCUT2D eigenvalue weighted by Gasteiger charge is 2.30. The maximum atomic E-state index is 13.3. The zero-order valence-electron chi connectivity index (χ0n) is 17.3. The maximum absolute atomic E-state index is 13.3. The predicted octanol–water partition coefficient (Wildman–Crippen LogP) is 5.26. The van der Waals surface area contributed by atoms with Crippen LogP contribution in [0, 0.1) is 0 Å². The van der Waals surface area contributed by atoms with E-state index in [9.17, 15) is 9.59 Å². The molecule has 0 aliphatic heterocycles. The van der Waals surface area contributed by atoms with Gasteiger partial charge in [-0.3, -0.25) is 9.59 Å². The lowest BCUT2D eigenvalue weighted by molar-refractivity contribution is -0.141. The summed E-state index contributed by atoms with van der Waals surface area (Å²) >= 11 is 12.3. The van der Waals surface area contributed by atoms with Gasteiger partial charge >= 0.3 is 0 Å². The average molecular weight is 435 g/mol. The molecule has 0 spiro atoms. The number of hydrogen-bond donors (Lipinski definition) is 1. The molecule has 2 rings (SSSR count). The Morgan fingerprint density at radius 3 is 2.21 bits per heavy atom. The standard InChI is InChI=1S/C23H28Cl2N2O2/c1-5-20(22(29)26-23(2,3)4)27(15-17-8-6-7-9-19(17)25)21(28)14-16-10-12-18(24)13-11-16/h6-13,20H,5,14-15H2,1-4H3,(H,26,29)/t20-/m0/s1. The monoisotopic (exact) mass is 434 g/mol. The Kier molecular flexibility index (Phi) is 8.12. The van der Waals surface area contributed by atoms with Crippen LogP contribution in [0.15, 0.2) is 48.5 Å². The van der Waals surface area contributed by atoms with Crippen LogP contribution in [0.1, 0.15) is 45.2 Å². The Labute approximate surface area is 183 Å². The van der Waals surface area contributed by atoms with Crippen LogP contribution < -0.4 is 5.32 Å². The third-order valence-corrected chi connectivity index (χ3v) is 5.07. The summed E-state index contributed by atoms with van der Waals surface area (Å²) in [6.07, 6.45) is 0.680. The number of benzene rings is 2. The van der Waals surface area contributed by atoms with Crippen LogP contribution in [-0.4, -0.2) is 28.3 Å². The number of halogens is 2. The molecule has 0 aromatic heterocycles. The second-order valence-electron chi connectivity index (χ2n) is 8.08. The van der Waals surface area contributed by atoms with Crippen molar-refractivity contribution >= 4 is 35.0 Å². The summed E-state index contributed by atoms with van der Waals surface area (Å²) in [7, 11) is 0. The molecule has 2 amide bonds. The second-order valence-corrected chi connectivity index (χ2v) is 8.92. The molecule has 1 atom stereocenters. The number of carbonyl (C=O) groups excluding carboxylic acids is 2. The zero-order valence-corrected chi connectivity index (χ0v) is 18.8. The summed E-state index contributed by atoms with van der Waals surface area (Å²) in [5, 5.41) is 4.18. The van der Waals surface area contributed by atoms with Gasteiger partial charge in [0.15, 0.2) is 0 Å². The van der Waals surface area contributed by atoms with Crippen molar-refractivity contribution in [3.05, 3.63) is 69.7 Å². The molecule has 4 nitrogen and oxygen atoms in total. The van der Waals surface area contributed by atoms with Crippen LogP contribution >= 0.6 is 23.2 Å². The first-order chi connectivity index (χ1) is 13.6. The van der Waals surface area contributed by atoms with Crippen molar-refractivity contribution < 1.29 is 9.59 Å². The van der Waals surface area contributed by atoms with E-state index in [4.69, 9.17) is 23.2 Å². The molecule has 0 heterocycles. The van der Waals surface area contributed by atoms with Crippen LogP contribution in [0.4, 0.5) is 0 Å². The van der Waals surface area contributed by atoms with Gasteiger partial charge in [0.25, 0.3) is 0 Å². The molecule has 2 aromatic rings. The number of rotatable bonds is 7. The van der Waals surface area contributed by atoms with E-state index in [0.717, 1.165) is 11.1 Å². The van der Waals surface area contributed by atoms with E-state index in [-0.39, 0.29) is 30.3 Å². The van der Waals surface area contributed by atoms with E-state index in [1.165, 1.54) is 0 Å². The Bertz CT molecular complexity index is 845. The Hall–Kier alpha value is -2.04. The minimum Gasteiger partial charge on any atom is -0.350 e. The van der Waals surface area contributed by atoms with Gasteiger partial charge in [-0.05, 0) is 56.5 Å². The van der Waals surface area contributed by atoms with E-state index in [2.05, 4.69) is 5.32 Å². The number of hydrogen-bond acceptors (Lipinski definition) is 2. The number of amides is 2. The Balaban J connectivity index is 2.32. The minimum absolute atomic E-state index is 0.136. The smallest absolute Gasteiger partial charge is 0.243 e. The van der Waals surface area contributed by atoms with Gasteiger partial charge < -0.3 is 10.2 Å². The van der Waals surface area contributed by atoms with E-state index < -0.39 is 6.04 Å². The van der Waals surface area contributed by atoms with Gasteiger partial charge in [-0.25, -0.2) is 0 Å². The van der Waals surface area contributed by atoms with Gasteiger partial charge in [0, 0.05) is 22.1 Å². The molecule has 0 bridgehead atoms. The summed E-state index contributed by atoms with van der Waals surface area (Å²) in [6.45, 7) is 7.94. The molecular weight excluding hydrogens is 407 g/mol. The van der Waals surface area contributed by atoms with Gasteiger partial charge in [-0.2, -0.15) is 0 Å². The third kappa shape index (κ3) is 7.06. The van der Waals surface area contributed by atoms with E-state index in [1.807, 2.05) is 58.0 Å². The molecule has 156 valence electrons. The molecule has 0 saturated heterocycles. The molecule has 6 heteroatoms. The molecule has 0 radical (unpaired) electrons. The summed E-state index contributed by atoms with van der Waals surface area (Å²) in [5.74, 6) is -0.306. The topological polar surface area (TPSA) is 49.4 Å². The van der Waals surface area contributed by atoms with Crippen molar-refractivity contribution in [1.82, 2.24) is 10.2 Å². The van der Waals surface area contributed by atoms with Gasteiger partial charge in [-0.15, -0.1) is 0 Å². The quantitative estimate of drug-likeness (QED) is 0.645. The van der Waals surface area contributed by atoms with Crippen LogP contribution in [0.2, 0.25) is 10.0 Å². The van der Waals surface area contributed by atoms with E-state index >= 15 is 0 Å². The Morgan fingerprint density at radius 1 is 1.03 bits per heavy atom. The summed E-state index contributed by atoms with van der Waals surface area (Å²) in [6, 6.07) is 13.9.